The van der Waals surface area contributed by atoms with Gasteiger partial charge in [-0.3, -0.25) is 14.7 Å². The summed E-state index contributed by atoms with van der Waals surface area (Å²) < 4.78 is 10.8. The van der Waals surface area contributed by atoms with Crippen LogP contribution in [0.25, 0.3) is 22.2 Å². The monoisotopic (exact) mass is 415 g/mol. The van der Waals surface area contributed by atoms with E-state index in [1.807, 2.05) is 6.07 Å². The number of hydrogen-bond acceptors (Lipinski definition) is 5. The number of ether oxygens (including phenoxy) is 1. The molecule has 3 aromatic rings. The van der Waals surface area contributed by atoms with E-state index >= 15 is 0 Å². The Bertz CT molecular complexity index is 1070. The smallest absolute Gasteiger partial charge is 0.413 e. The molecule has 0 bridgehead atoms. The zero-order valence-electron chi connectivity index (χ0n) is 15.6. The zero-order valence-corrected chi connectivity index (χ0v) is 16.3. The second-order valence-corrected chi connectivity index (χ2v) is 7.05. The standard InChI is InChI=1S/C20H18ClN3O5/c1-23(20(26)27)17-10-14-8-13(9-15(21)18(14)29-17)16-3-2-12(11-22-16)19(25)24-4-6-28-7-5-24/h2-3,8-11H,4-7H2,1H3,(H,26,27). The number of carbonyl (C=O) groups excluding carboxylic acids is 1. The fourth-order valence-corrected chi connectivity index (χ4v) is 3.41. The number of aromatic nitrogens is 1. The highest BCUT2D eigenvalue weighted by Gasteiger charge is 2.20. The number of furan rings is 1. The van der Waals surface area contributed by atoms with Crippen molar-refractivity contribution in [2.45, 2.75) is 0 Å². The molecule has 0 spiro atoms. The minimum absolute atomic E-state index is 0.0722. The van der Waals surface area contributed by atoms with Crippen molar-refractivity contribution in [1.29, 1.82) is 0 Å². The number of carbonyl (C=O) groups is 2. The lowest BCUT2D eigenvalue weighted by molar-refractivity contribution is 0.0302. The maximum Gasteiger partial charge on any atom is 0.413 e. The summed E-state index contributed by atoms with van der Waals surface area (Å²) in [6.45, 7) is 2.22. The van der Waals surface area contributed by atoms with Gasteiger partial charge in [-0.1, -0.05) is 11.6 Å². The van der Waals surface area contributed by atoms with Crippen molar-refractivity contribution in [3.63, 3.8) is 0 Å². The highest BCUT2D eigenvalue weighted by molar-refractivity contribution is 6.35. The summed E-state index contributed by atoms with van der Waals surface area (Å²) in [5.74, 6) is 0.1000. The number of anilines is 1. The lowest BCUT2D eigenvalue weighted by atomic mass is 10.1. The number of amides is 2. The molecular weight excluding hydrogens is 398 g/mol. The highest BCUT2D eigenvalue weighted by atomic mass is 35.5. The third kappa shape index (κ3) is 3.76. The fourth-order valence-electron chi connectivity index (χ4n) is 3.14. The van der Waals surface area contributed by atoms with Crippen LogP contribution in [0.5, 0.6) is 0 Å². The maximum absolute atomic E-state index is 12.5. The number of nitrogens with zero attached hydrogens (tertiary/aromatic N) is 3. The van der Waals surface area contributed by atoms with E-state index < -0.39 is 6.09 Å². The first-order valence-corrected chi connectivity index (χ1v) is 9.35. The summed E-state index contributed by atoms with van der Waals surface area (Å²) in [6, 6.07) is 8.61. The Morgan fingerprint density at radius 1 is 1.21 bits per heavy atom. The molecule has 0 atom stereocenters. The number of carboxylic acid groups (broad SMARTS) is 1. The van der Waals surface area contributed by atoms with E-state index in [4.69, 9.17) is 25.9 Å². The van der Waals surface area contributed by atoms with E-state index in [1.54, 1.807) is 35.4 Å². The van der Waals surface area contributed by atoms with Gasteiger partial charge in [0.2, 0.25) is 5.88 Å². The molecule has 1 aliphatic rings. The number of halogens is 1. The number of hydrogen-bond donors (Lipinski definition) is 1. The largest absolute Gasteiger partial charge is 0.465 e. The van der Waals surface area contributed by atoms with Gasteiger partial charge in [0.25, 0.3) is 5.91 Å². The molecule has 2 aromatic heterocycles. The van der Waals surface area contributed by atoms with Crippen LogP contribution in [0.3, 0.4) is 0 Å². The van der Waals surface area contributed by atoms with Crippen LogP contribution < -0.4 is 4.90 Å². The Hall–Kier alpha value is -3.10. The summed E-state index contributed by atoms with van der Waals surface area (Å²) in [4.78, 5) is 30.8. The second kappa shape index (κ2) is 7.73. The summed E-state index contributed by atoms with van der Waals surface area (Å²) in [5.41, 5.74) is 2.29. The normalized spacial score (nSPS) is 14.2. The summed E-state index contributed by atoms with van der Waals surface area (Å²) in [5, 5.41) is 10.1. The Morgan fingerprint density at radius 2 is 1.97 bits per heavy atom. The van der Waals surface area contributed by atoms with Crippen molar-refractivity contribution in [2.75, 3.05) is 38.3 Å². The van der Waals surface area contributed by atoms with Crippen LogP contribution in [-0.4, -0.2) is 60.3 Å². The van der Waals surface area contributed by atoms with Gasteiger partial charge in [-0.05, 0) is 24.3 Å². The minimum Gasteiger partial charge on any atom is -0.465 e. The summed E-state index contributed by atoms with van der Waals surface area (Å²) >= 11 is 6.33. The Balaban J connectivity index is 1.62. The Labute approximate surface area is 171 Å². The number of pyridine rings is 1. The molecular formula is C20H18ClN3O5. The second-order valence-electron chi connectivity index (χ2n) is 6.64. The molecule has 9 heteroatoms. The van der Waals surface area contributed by atoms with Crippen LogP contribution in [0.4, 0.5) is 10.7 Å². The average molecular weight is 416 g/mol. The zero-order chi connectivity index (χ0) is 20.5. The molecule has 1 fully saturated rings. The minimum atomic E-state index is -1.14. The number of rotatable bonds is 3. The predicted molar refractivity (Wildman–Crippen MR) is 108 cm³/mol. The van der Waals surface area contributed by atoms with Crippen molar-refractivity contribution in [3.8, 4) is 11.3 Å². The molecule has 29 heavy (non-hydrogen) atoms. The van der Waals surface area contributed by atoms with Crippen LogP contribution in [0, 0.1) is 0 Å². The quantitative estimate of drug-likeness (QED) is 0.700. The fraction of sp³-hybridized carbons (Fsp3) is 0.250. The molecule has 0 unspecified atom stereocenters. The molecule has 1 aliphatic heterocycles. The third-order valence-electron chi connectivity index (χ3n) is 4.78. The molecule has 150 valence electrons. The van der Waals surface area contributed by atoms with Gasteiger partial charge < -0.3 is 19.2 Å². The van der Waals surface area contributed by atoms with Crippen LogP contribution in [0.1, 0.15) is 10.4 Å². The SMILES string of the molecule is CN(C(=O)O)c1cc2cc(-c3ccc(C(=O)N4CCOCC4)cn3)cc(Cl)c2o1. The van der Waals surface area contributed by atoms with Crippen molar-refractivity contribution < 1.29 is 23.8 Å². The van der Waals surface area contributed by atoms with Crippen LogP contribution >= 0.6 is 11.6 Å². The van der Waals surface area contributed by atoms with E-state index in [2.05, 4.69) is 4.98 Å². The molecule has 1 N–H and O–H groups in total. The molecule has 1 saturated heterocycles. The van der Waals surface area contributed by atoms with E-state index in [1.165, 1.54) is 7.05 Å². The van der Waals surface area contributed by atoms with Crippen molar-refractivity contribution in [3.05, 3.63) is 47.1 Å². The van der Waals surface area contributed by atoms with Gasteiger partial charge in [-0.2, -0.15) is 0 Å². The first-order valence-electron chi connectivity index (χ1n) is 8.97. The van der Waals surface area contributed by atoms with E-state index in [9.17, 15) is 9.59 Å². The summed E-state index contributed by atoms with van der Waals surface area (Å²) in [7, 11) is 1.39. The number of morpholine rings is 1. The third-order valence-corrected chi connectivity index (χ3v) is 5.06. The number of fused-ring (bicyclic) bond motifs is 1. The lowest BCUT2D eigenvalue weighted by Crippen LogP contribution is -2.40. The predicted octanol–water partition coefficient (Wildman–Crippen LogP) is 3.73. The number of benzene rings is 1. The van der Waals surface area contributed by atoms with Crippen molar-refractivity contribution >= 4 is 40.5 Å². The van der Waals surface area contributed by atoms with Crippen LogP contribution in [-0.2, 0) is 4.74 Å². The molecule has 4 rings (SSSR count). The average Bonchev–Trinajstić information content (AvgIpc) is 3.18. The van der Waals surface area contributed by atoms with E-state index in [-0.39, 0.29) is 11.8 Å². The van der Waals surface area contributed by atoms with Gasteiger partial charge in [0.05, 0.1) is 29.5 Å². The maximum atomic E-state index is 12.5. The van der Waals surface area contributed by atoms with E-state index in [0.717, 1.165) is 10.5 Å². The van der Waals surface area contributed by atoms with Gasteiger partial charge in [0, 0.05) is 43.4 Å². The van der Waals surface area contributed by atoms with Gasteiger partial charge in [0.1, 0.15) is 0 Å². The molecule has 0 radical (unpaired) electrons. The van der Waals surface area contributed by atoms with Gasteiger partial charge in [-0.25, -0.2) is 4.79 Å². The molecule has 0 aliphatic carbocycles. The van der Waals surface area contributed by atoms with Gasteiger partial charge in [0.15, 0.2) is 5.58 Å². The van der Waals surface area contributed by atoms with Crippen LogP contribution in [0.15, 0.2) is 40.9 Å². The molecule has 1 aromatic carbocycles. The molecule has 8 nitrogen and oxygen atoms in total. The topological polar surface area (TPSA) is 96.1 Å². The van der Waals surface area contributed by atoms with Gasteiger partial charge >= 0.3 is 6.09 Å². The summed E-state index contributed by atoms with van der Waals surface area (Å²) in [6.07, 6.45) is 0.409. The molecule has 3 heterocycles. The highest BCUT2D eigenvalue weighted by Crippen LogP contribution is 2.35. The van der Waals surface area contributed by atoms with E-state index in [0.29, 0.717) is 53.6 Å². The van der Waals surface area contributed by atoms with Crippen molar-refractivity contribution in [1.82, 2.24) is 9.88 Å². The molecule has 0 saturated carbocycles. The van der Waals surface area contributed by atoms with Crippen molar-refractivity contribution in [2.24, 2.45) is 0 Å². The van der Waals surface area contributed by atoms with Gasteiger partial charge in [-0.15, -0.1) is 0 Å². The lowest BCUT2D eigenvalue weighted by Gasteiger charge is -2.26. The Morgan fingerprint density at radius 3 is 2.62 bits per heavy atom. The Kier molecular flexibility index (Phi) is 5.12. The van der Waals surface area contributed by atoms with Crippen LogP contribution in [0.2, 0.25) is 5.02 Å². The first kappa shape index (κ1) is 19.2. The molecule has 2 amide bonds. The first-order chi connectivity index (χ1) is 13.9.